The molecule has 3 heterocycles. The number of amides is 1. The van der Waals surface area contributed by atoms with Crippen molar-refractivity contribution in [2.45, 2.75) is 40.0 Å². The standard InChI is InChI=1S/C22H31N7O2S.C2H6/c1-4-9-25-26-29(10-5-2)31-15-7-8-20(30)27-11-13-28(14-12-27)21-19-16-18(6-3)32-22(19)24-17-23-21;1-2/h4-5,16-17H,1-2,6-15H2,3H3;1-2H3. The number of carbonyl (C=O) groups is 1. The van der Waals surface area contributed by atoms with Gasteiger partial charge in [0.25, 0.3) is 0 Å². The molecular formula is C24H37N7O2S. The van der Waals surface area contributed by atoms with Gasteiger partial charge in [-0.2, -0.15) is 10.3 Å². The van der Waals surface area contributed by atoms with Gasteiger partial charge < -0.3 is 9.80 Å². The molecular weight excluding hydrogens is 450 g/mol. The third kappa shape index (κ3) is 7.88. The van der Waals surface area contributed by atoms with E-state index in [-0.39, 0.29) is 5.91 Å². The summed E-state index contributed by atoms with van der Waals surface area (Å²) in [7, 11) is 0. The average molecular weight is 488 g/mol. The van der Waals surface area contributed by atoms with Gasteiger partial charge in [-0.25, -0.2) is 9.97 Å². The Balaban J connectivity index is 0.00000199. The van der Waals surface area contributed by atoms with Crippen molar-refractivity contribution in [3.63, 3.8) is 0 Å². The van der Waals surface area contributed by atoms with Gasteiger partial charge in [0.15, 0.2) is 0 Å². The molecule has 0 atom stereocenters. The maximum Gasteiger partial charge on any atom is 0.222 e. The summed E-state index contributed by atoms with van der Waals surface area (Å²) in [5.41, 5.74) is 0. The zero-order valence-electron chi connectivity index (χ0n) is 20.6. The number of hydroxylamine groups is 1. The maximum absolute atomic E-state index is 12.6. The molecule has 2 aromatic rings. The number of thiophene rings is 1. The molecule has 186 valence electrons. The van der Waals surface area contributed by atoms with Gasteiger partial charge in [0.2, 0.25) is 5.91 Å². The Hall–Kier alpha value is -2.85. The third-order valence-corrected chi connectivity index (χ3v) is 6.26. The summed E-state index contributed by atoms with van der Waals surface area (Å²) in [6, 6.07) is 2.19. The van der Waals surface area contributed by atoms with Crippen LogP contribution in [0, 0.1) is 0 Å². The highest BCUT2D eigenvalue weighted by atomic mass is 32.1. The third-order valence-electron chi connectivity index (χ3n) is 5.07. The normalized spacial score (nSPS) is 13.6. The van der Waals surface area contributed by atoms with Crippen molar-refractivity contribution in [2.75, 3.05) is 50.8 Å². The molecule has 9 nitrogen and oxygen atoms in total. The van der Waals surface area contributed by atoms with Crippen LogP contribution in [-0.2, 0) is 16.1 Å². The number of aryl methyl sites for hydroxylation is 1. The first-order valence-corrected chi connectivity index (χ1v) is 12.7. The molecule has 1 aliphatic heterocycles. The van der Waals surface area contributed by atoms with Gasteiger partial charge in [-0.05, 0) is 24.1 Å². The Kier molecular flexibility index (Phi) is 12.2. The lowest BCUT2D eigenvalue weighted by atomic mass is 10.2. The van der Waals surface area contributed by atoms with E-state index in [9.17, 15) is 4.79 Å². The average Bonchev–Trinajstić information content (AvgIpc) is 3.31. The summed E-state index contributed by atoms with van der Waals surface area (Å²) in [4.78, 5) is 33.7. The van der Waals surface area contributed by atoms with E-state index in [1.54, 1.807) is 29.8 Å². The molecule has 0 saturated carbocycles. The summed E-state index contributed by atoms with van der Waals surface area (Å²) in [5.74, 6) is 1.12. The van der Waals surface area contributed by atoms with Crippen LogP contribution in [0.15, 0.2) is 48.0 Å². The summed E-state index contributed by atoms with van der Waals surface area (Å²) >= 11 is 1.72. The summed E-state index contributed by atoms with van der Waals surface area (Å²) in [6.07, 6.45) is 7.03. The van der Waals surface area contributed by atoms with Gasteiger partial charge in [0.1, 0.15) is 17.0 Å². The smallest absolute Gasteiger partial charge is 0.222 e. The molecule has 0 aromatic carbocycles. The Morgan fingerprint density at radius 3 is 2.68 bits per heavy atom. The van der Waals surface area contributed by atoms with E-state index >= 15 is 0 Å². The number of piperazine rings is 1. The van der Waals surface area contributed by atoms with Crippen LogP contribution in [0.5, 0.6) is 0 Å². The van der Waals surface area contributed by atoms with Crippen LogP contribution in [0.2, 0.25) is 0 Å². The van der Waals surface area contributed by atoms with Crippen molar-refractivity contribution < 1.29 is 9.63 Å². The Morgan fingerprint density at radius 2 is 2.00 bits per heavy atom. The van der Waals surface area contributed by atoms with E-state index in [4.69, 9.17) is 4.84 Å². The lowest BCUT2D eigenvalue weighted by molar-refractivity contribution is -0.160. The van der Waals surface area contributed by atoms with Gasteiger partial charge in [-0.3, -0.25) is 9.63 Å². The molecule has 1 amide bonds. The molecule has 1 aliphatic rings. The van der Waals surface area contributed by atoms with Crippen LogP contribution in [0.25, 0.3) is 10.2 Å². The lowest BCUT2D eigenvalue weighted by Crippen LogP contribution is -2.49. The minimum Gasteiger partial charge on any atom is -0.352 e. The Morgan fingerprint density at radius 1 is 1.24 bits per heavy atom. The quantitative estimate of drug-likeness (QED) is 0.187. The first kappa shape index (κ1) is 27.4. The largest absolute Gasteiger partial charge is 0.352 e. The predicted molar refractivity (Wildman–Crippen MR) is 139 cm³/mol. The number of rotatable bonds is 12. The van der Waals surface area contributed by atoms with Crippen LogP contribution in [0.1, 0.15) is 38.5 Å². The number of nitrogens with zero attached hydrogens (tertiary/aromatic N) is 7. The SMILES string of the molecule is C=CCN=NN(CC=C)OCCCC(=O)N1CCN(c2ncnc3sc(CC)cc23)CC1.CC. The molecule has 0 aliphatic carbocycles. The second-order valence-corrected chi connectivity index (χ2v) is 8.43. The van der Waals surface area contributed by atoms with Gasteiger partial charge in [-0.15, -0.1) is 24.5 Å². The maximum atomic E-state index is 12.6. The summed E-state index contributed by atoms with van der Waals surface area (Å²) in [6.45, 7) is 17.6. The van der Waals surface area contributed by atoms with E-state index in [1.807, 2.05) is 18.7 Å². The number of hydrogen-bond donors (Lipinski definition) is 0. The topological polar surface area (TPSA) is 86.5 Å². The molecule has 0 N–H and O–H groups in total. The van der Waals surface area contributed by atoms with E-state index in [0.29, 0.717) is 45.6 Å². The van der Waals surface area contributed by atoms with E-state index < -0.39 is 0 Å². The van der Waals surface area contributed by atoms with Crippen molar-refractivity contribution in [1.82, 2.24) is 20.0 Å². The Labute approximate surface area is 206 Å². The fourth-order valence-electron chi connectivity index (χ4n) is 3.43. The van der Waals surface area contributed by atoms with Crippen LogP contribution in [0.3, 0.4) is 0 Å². The summed E-state index contributed by atoms with van der Waals surface area (Å²) < 4.78 is 0. The zero-order chi connectivity index (χ0) is 24.8. The molecule has 0 radical (unpaired) electrons. The molecule has 0 bridgehead atoms. The highest BCUT2D eigenvalue weighted by molar-refractivity contribution is 7.18. The molecule has 10 heteroatoms. The van der Waals surface area contributed by atoms with Gasteiger partial charge in [0, 0.05) is 37.5 Å². The Bertz CT molecular complexity index is 939. The monoisotopic (exact) mass is 487 g/mol. The van der Waals surface area contributed by atoms with Crippen molar-refractivity contribution >= 4 is 33.3 Å². The number of carbonyl (C=O) groups excluding carboxylic acids is 1. The number of aromatic nitrogens is 2. The molecule has 0 unspecified atom stereocenters. The molecule has 34 heavy (non-hydrogen) atoms. The number of hydrogen-bond acceptors (Lipinski definition) is 8. The first-order chi connectivity index (χ1) is 16.7. The van der Waals surface area contributed by atoms with Crippen molar-refractivity contribution in [3.8, 4) is 0 Å². The molecule has 2 aromatic heterocycles. The van der Waals surface area contributed by atoms with Crippen molar-refractivity contribution in [2.24, 2.45) is 10.3 Å². The molecule has 3 rings (SSSR count). The van der Waals surface area contributed by atoms with E-state index in [2.05, 4.69) is 51.4 Å². The van der Waals surface area contributed by atoms with Gasteiger partial charge in [0.05, 0.1) is 25.1 Å². The highest BCUT2D eigenvalue weighted by Crippen LogP contribution is 2.31. The van der Waals surface area contributed by atoms with Gasteiger partial charge >= 0.3 is 0 Å². The van der Waals surface area contributed by atoms with Crippen LogP contribution >= 0.6 is 11.3 Å². The predicted octanol–water partition coefficient (Wildman–Crippen LogP) is 4.68. The fourth-order valence-corrected chi connectivity index (χ4v) is 4.36. The van der Waals surface area contributed by atoms with Crippen LogP contribution in [0.4, 0.5) is 5.82 Å². The van der Waals surface area contributed by atoms with Crippen LogP contribution < -0.4 is 4.90 Å². The van der Waals surface area contributed by atoms with Gasteiger partial charge in [-0.1, -0.05) is 32.9 Å². The van der Waals surface area contributed by atoms with E-state index in [0.717, 1.165) is 35.5 Å². The van der Waals surface area contributed by atoms with Crippen molar-refractivity contribution in [3.05, 3.63) is 42.6 Å². The highest BCUT2D eigenvalue weighted by Gasteiger charge is 2.23. The van der Waals surface area contributed by atoms with Crippen LogP contribution in [-0.4, -0.2) is 71.8 Å². The number of fused-ring (bicyclic) bond motifs is 1. The first-order valence-electron chi connectivity index (χ1n) is 11.9. The lowest BCUT2D eigenvalue weighted by Gasteiger charge is -2.35. The van der Waals surface area contributed by atoms with E-state index in [1.165, 1.54) is 10.0 Å². The minimum atomic E-state index is 0.147. The molecule has 1 fully saturated rings. The number of anilines is 1. The second kappa shape index (κ2) is 15.1. The summed E-state index contributed by atoms with van der Waals surface area (Å²) in [5, 5.41) is 10.4. The minimum absolute atomic E-state index is 0.147. The fraction of sp³-hybridized carbons (Fsp3) is 0.542. The van der Waals surface area contributed by atoms with Crippen molar-refractivity contribution in [1.29, 1.82) is 0 Å². The molecule has 1 saturated heterocycles. The second-order valence-electron chi connectivity index (χ2n) is 7.31. The molecule has 0 spiro atoms. The zero-order valence-corrected chi connectivity index (χ0v) is 21.5.